The lowest BCUT2D eigenvalue weighted by molar-refractivity contribution is -0.174. The second-order valence-corrected chi connectivity index (χ2v) is 6.37. The lowest BCUT2D eigenvalue weighted by atomic mass is 10.0. The molecule has 146 valence electrons. The Hall–Kier alpha value is -3.43. The third-order valence-corrected chi connectivity index (χ3v) is 4.41. The first-order valence-corrected chi connectivity index (χ1v) is 8.38. The molecule has 0 radical (unpaired) electrons. The second-order valence-electron chi connectivity index (χ2n) is 6.37. The molecule has 1 aliphatic rings. The minimum atomic E-state index is -4.55. The number of fused-ring (bicyclic) bond motifs is 1. The summed E-state index contributed by atoms with van der Waals surface area (Å²) in [7, 11) is 0. The maximum atomic E-state index is 13.6. The molecule has 0 unspecified atom stereocenters. The van der Waals surface area contributed by atoms with E-state index in [2.05, 4.69) is 15.7 Å². The number of alkyl halides is 3. The van der Waals surface area contributed by atoms with Crippen LogP contribution in [0.4, 0.5) is 24.7 Å². The molecule has 0 spiro atoms. The molecule has 7 nitrogen and oxygen atoms in total. The molecule has 3 aromatic rings. The number of nitrogens with one attached hydrogen (secondary N) is 2. The predicted molar refractivity (Wildman–Crippen MR) is 93.1 cm³/mol. The number of phenolic OH excluding ortho intramolecular Hbond substituents is 1. The monoisotopic (exact) mass is 392 g/mol. The standard InChI is InChI=1S/C18H15F3N4O3/c19-18(20,21)15-8-12(14-5-2-6-28-14)23-16-9-13(24-25(15)16)17(27)22-10-3-1-4-11(26)7-10/h1-7,9,12,15,23,26H,8H2,(H,22,27)/t12-,15+/m0/s1. The van der Waals surface area contributed by atoms with Gasteiger partial charge < -0.3 is 20.2 Å². The molecule has 1 amide bonds. The van der Waals surface area contributed by atoms with Gasteiger partial charge in [-0.05, 0) is 24.3 Å². The van der Waals surface area contributed by atoms with Gasteiger partial charge in [0.05, 0.1) is 12.3 Å². The van der Waals surface area contributed by atoms with E-state index in [1.807, 2.05) is 0 Å². The molecule has 2 aromatic heterocycles. The van der Waals surface area contributed by atoms with E-state index in [1.54, 1.807) is 12.1 Å². The number of benzene rings is 1. The first-order valence-electron chi connectivity index (χ1n) is 8.38. The van der Waals surface area contributed by atoms with Crippen molar-refractivity contribution in [3.63, 3.8) is 0 Å². The maximum Gasteiger partial charge on any atom is 0.410 e. The van der Waals surface area contributed by atoms with Crippen molar-refractivity contribution in [3.8, 4) is 5.75 Å². The van der Waals surface area contributed by atoms with E-state index < -0.39 is 24.2 Å². The Morgan fingerprint density at radius 3 is 2.79 bits per heavy atom. The van der Waals surface area contributed by atoms with Crippen LogP contribution < -0.4 is 10.6 Å². The zero-order valence-electron chi connectivity index (χ0n) is 14.3. The van der Waals surface area contributed by atoms with Gasteiger partial charge in [0.2, 0.25) is 0 Å². The maximum absolute atomic E-state index is 13.6. The zero-order valence-corrected chi connectivity index (χ0v) is 14.3. The van der Waals surface area contributed by atoms with E-state index in [4.69, 9.17) is 4.42 Å². The molecule has 28 heavy (non-hydrogen) atoms. The van der Waals surface area contributed by atoms with Gasteiger partial charge in [0.25, 0.3) is 5.91 Å². The fourth-order valence-electron chi connectivity index (χ4n) is 3.14. The van der Waals surface area contributed by atoms with Crippen LogP contribution in [0.25, 0.3) is 0 Å². The first-order chi connectivity index (χ1) is 13.3. The summed E-state index contributed by atoms with van der Waals surface area (Å²) in [5.74, 6) is -0.310. The average molecular weight is 392 g/mol. The van der Waals surface area contributed by atoms with Crippen LogP contribution in [0.1, 0.15) is 34.8 Å². The van der Waals surface area contributed by atoms with Crippen LogP contribution in [0, 0.1) is 0 Å². The highest BCUT2D eigenvalue weighted by Crippen LogP contribution is 2.43. The number of hydrogen-bond donors (Lipinski definition) is 3. The molecular weight excluding hydrogens is 377 g/mol. The van der Waals surface area contributed by atoms with Gasteiger partial charge in [-0.3, -0.25) is 4.79 Å². The number of anilines is 2. The molecule has 0 aliphatic carbocycles. The van der Waals surface area contributed by atoms with Crippen LogP contribution in [-0.2, 0) is 0 Å². The van der Waals surface area contributed by atoms with E-state index in [9.17, 15) is 23.1 Å². The average Bonchev–Trinajstić information content (AvgIpc) is 3.29. The van der Waals surface area contributed by atoms with Crippen LogP contribution in [0.5, 0.6) is 5.75 Å². The Morgan fingerprint density at radius 2 is 2.11 bits per heavy atom. The summed E-state index contributed by atoms with van der Waals surface area (Å²) < 4.78 is 46.8. The molecule has 10 heteroatoms. The summed E-state index contributed by atoms with van der Waals surface area (Å²) in [5.41, 5.74) is 0.116. The summed E-state index contributed by atoms with van der Waals surface area (Å²) in [6.45, 7) is 0. The number of carbonyl (C=O) groups is 1. The van der Waals surface area contributed by atoms with Crippen LogP contribution in [0.3, 0.4) is 0 Å². The van der Waals surface area contributed by atoms with Crippen LogP contribution in [0.15, 0.2) is 53.1 Å². The number of nitrogens with zero attached hydrogens (tertiary/aromatic N) is 2. The lowest BCUT2D eigenvalue weighted by Crippen LogP contribution is -2.35. The molecule has 0 bridgehead atoms. The van der Waals surface area contributed by atoms with Crippen molar-refractivity contribution in [1.29, 1.82) is 0 Å². The van der Waals surface area contributed by atoms with Crippen molar-refractivity contribution >= 4 is 17.4 Å². The molecule has 2 atom stereocenters. The molecule has 0 saturated carbocycles. The highest BCUT2D eigenvalue weighted by Gasteiger charge is 2.47. The Bertz CT molecular complexity index is 998. The van der Waals surface area contributed by atoms with Gasteiger partial charge in [-0.15, -0.1) is 0 Å². The van der Waals surface area contributed by atoms with Gasteiger partial charge in [0.1, 0.15) is 17.3 Å². The van der Waals surface area contributed by atoms with Gasteiger partial charge in [0.15, 0.2) is 11.7 Å². The Kier molecular flexibility index (Phi) is 4.25. The van der Waals surface area contributed by atoms with E-state index >= 15 is 0 Å². The lowest BCUT2D eigenvalue weighted by Gasteiger charge is -2.32. The Labute approximate surface area is 156 Å². The van der Waals surface area contributed by atoms with Gasteiger partial charge in [0, 0.05) is 24.2 Å². The topological polar surface area (TPSA) is 92.3 Å². The Morgan fingerprint density at radius 1 is 1.29 bits per heavy atom. The van der Waals surface area contributed by atoms with Crippen LogP contribution in [-0.4, -0.2) is 27.0 Å². The molecule has 4 rings (SSSR count). The zero-order chi connectivity index (χ0) is 19.9. The number of halogens is 3. The van der Waals surface area contributed by atoms with E-state index in [0.29, 0.717) is 11.4 Å². The fraction of sp³-hybridized carbons (Fsp3) is 0.222. The van der Waals surface area contributed by atoms with Crippen molar-refractivity contribution in [1.82, 2.24) is 9.78 Å². The fourth-order valence-corrected chi connectivity index (χ4v) is 3.14. The van der Waals surface area contributed by atoms with E-state index in [-0.39, 0.29) is 23.7 Å². The largest absolute Gasteiger partial charge is 0.508 e. The normalized spacial score (nSPS) is 19.0. The van der Waals surface area contributed by atoms with Crippen molar-refractivity contribution in [3.05, 3.63) is 60.2 Å². The number of furan rings is 1. The number of aromatic nitrogens is 2. The highest BCUT2D eigenvalue weighted by molar-refractivity contribution is 6.03. The van der Waals surface area contributed by atoms with Crippen LogP contribution in [0.2, 0.25) is 0 Å². The highest BCUT2D eigenvalue weighted by atomic mass is 19.4. The number of rotatable bonds is 3. The number of aromatic hydroxyl groups is 1. The van der Waals surface area contributed by atoms with Crippen molar-refractivity contribution in [2.24, 2.45) is 0 Å². The SMILES string of the molecule is O=C(Nc1cccc(O)c1)c1cc2n(n1)[C@@H](C(F)(F)F)C[C@@H](c1ccco1)N2. The summed E-state index contributed by atoms with van der Waals surface area (Å²) in [5, 5.41) is 18.8. The quantitative estimate of drug-likeness (QED) is 0.624. The minimum Gasteiger partial charge on any atom is -0.508 e. The molecule has 0 saturated heterocycles. The van der Waals surface area contributed by atoms with Crippen molar-refractivity contribution in [2.75, 3.05) is 10.6 Å². The molecule has 1 aromatic carbocycles. The summed E-state index contributed by atoms with van der Waals surface area (Å²) in [4.78, 5) is 12.4. The summed E-state index contributed by atoms with van der Waals surface area (Å²) in [6.07, 6.45) is -3.48. The molecular formula is C18H15F3N4O3. The predicted octanol–water partition coefficient (Wildman–Crippen LogP) is 4.09. The number of hydrogen-bond acceptors (Lipinski definition) is 5. The first kappa shape index (κ1) is 18.0. The van der Waals surface area contributed by atoms with Gasteiger partial charge in [-0.1, -0.05) is 6.07 Å². The minimum absolute atomic E-state index is 0.0537. The molecule has 1 aliphatic heterocycles. The van der Waals surface area contributed by atoms with Crippen LogP contribution >= 0.6 is 0 Å². The third kappa shape index (κ3) is 3.40. The van der Waals surface area contributed by atoms with Gasteiger partial charge in [-0.2, -0.15) is 18.3 Å². The third-order valence-electron chi connectivity index (χ3n) is 4.41. The molecule has 3 heterocycles. The van der Waals surface area contributed by atoms with E-state index in [0.717, 1.165) is 4.68 Å². The number of amides is 1. The molecule has 3 N–H and O–H groups in total. The van der Waals surface area contributed by atoms with Gasteiger partial charge in [-0.25, -0.2) is 4.68 Å². The number of phenols is 1. The second kappa shape index (κ2) is 6.63. The summed E-state index contributed by atoms with van der Waals surface area (Å²) in [6, 6.07) is 7.65. The van der Waals surface area contributed by atoms with Gasteiger partial charge >= 0.3 is 6.18 Å². The van der Waals surface area contributed by atoms with Crippen molar-refractivity contribution < 1.29 is 27.5 Å². The molecule has 0 fully saturated rings. The van der Waals surface area contributed by atoms with E-state index in [1.165, 1.54) is 36.6 Å². The number of carbonyl (C=O) groups excluding carboxylic acids is 1. The van der Waals surface area contributed by atoms with Crippen molar-refractivity contribution in [2.45, 2.75) is 24.7 Å². The Balaban J connectivity index is 1.64. The summed E-state index contributed by atoms with van der Waals surface area (Å²) >= 11 is 0. The smallest absolute Gasteiger partial charge is 0.410 e.